The van der Waals surface area contributed by atoms with Crippen LogP contribution >= 0.6 is 24.0 Å². The molecule has 110 valence electrons. The molecular formula is C16H24IN3. The molecule has 4 heteroatoms. The number of nitrogens with zero attached hydrogens (tertiary/aromatic N) is 2. The van der Waals surface area contributed by atoms with Gasteiger partial charge in [-0.25, -0.2) is 0 Å². The Hall–Kier alpha value is -0.780. The van der Waals surface area contributed by atoms with Crippen LogP contribution in [0, 0.1) is 0 Å². The number of nitrogens with two attached hydrogens (primary N) is 1. The number of halogens is 1. The van der Waals surface area contributed by atoms with Crippen molar-refractivity contribution in [1.29, 1.82) is 0 Å². The van der Waals surface area contributed by atoms with Gasteiger partial charge in [0.1, 0.15) is 0 Å². The molecule has 2 fully saturated rings. The minimum atomic E-state index is 0. The van der Waals surface area contributed by atoms with E-state index in [0.717, 1.165) is 25.6 Å². The van der Waals surface area contributed by atoms with E-state index in [4.69, 9.17) is 5.73 Å². The molecular weight excluding hydrogens is 361 g/mol. The Morgan fingerprint density at radius 1 is 1.10 bits per heavy atom. The van der Waals surface area contributed by atoms with Crippen molar-refractivity contribution < 1.29 is 0 Å². The summed E-state index contributed by atoms with van der Waals surface area (Å²) >= 11 is 0. The van der Waals surface area contributed by atoms with E-state index in [1.54, 1.807) is 0 Å². The fraction of sp³-hybridized carbons (Fsp3) is 0.562. The molecule has 0 atom stereocenters. The van der Waals surface area contributed by atoms with Gasteiger partial charge in [-0.3, -0.25) is 4.99 Å². The highest BCUT2D eigenvalue weighted by Crippen LogP contribution is 2.48. The lowest BCUT2D eigenvalue weighted by Crippen LogP contribution is -2.41. The number of piperidine rings is 1. The monoisotopic (exact) mass is 385 g/mol. The molecule has 2 aliphatic rings. The van der Waals surface area contributed by atoms with Crippen molar-refractivity contribution in [3.8, 4) is 0 Å². The largest absolute Gasteiger partial charge is 0.370 e. The van der Waals surface area contributed by atoms with Crippen LogP contribution in [-0.4, -0.2) is 30.5 Å². The van der Waals surface area contributed by atoms with Gasteiger partial charge in [0.25, 0.3) is 0 Å². The van der Waals surface area contributed by atoms with E-state index >= 15 is 0 Å². The average Bonchev–Trinajstić information content (AvgIpc) is 3.28. The minimum Gasteiger partial charge on any atom is -0.370 e. The molecule has 1 aromatic carbocycles. The maximum Gasteiger partial charge on any atom is 0.191 e. The molecule has 0 unspecified atom stereocenters. The summed E-state index contributed by atoms with van der Waals surface area (Å²) < 4.78 is 0. The third-order valence-corrected chi connectivity index (χ3v) is 4.46. The first-order valence-corrected chi connectivity index (χ1v) is 7.41. The normalized spacial score (nSPS) is 21.2. The van der Waals surface area contributed by atoms with Gasteiger partial charge in [0.05, 0.1) is 6.54 Å². The summed E-state index contributed by atoms with van der Waals surface area (Å²) in [5.74, 6) is 0.752. The number of benzene rings is 1. The van der Waals surface area contributed by atoms with Gasteiger partial charge < -0.3 is 10.6 Å². The maximum atomic E-state index is 6.14. The highest BCUT2D eigenvalue weighted by atomic mass is 127. The van der Waals surface area contributed by atoms with Gasteiger partial charge in [0.2, 0.25) is 0 Å². The van der Waals surface area contributed by atoms with Crippen LogP contribution in [0.5, 0.6) is 0 Å². The summed E-state index contributed by atoms with van der Waals surface area (Å²) in [4.78, 5) is 6.92. The number of likely N-dealkylation sites (tertiary alicyclic amines) is 1. The van der Waals surface area contributed by atoms with E-state index in [1.165, 1.54) is 37.7 Å². The lowest BCUT2D eigenvalue weighted by Gasteiger charge is -2.28. The Morgan fingerprint density at radius 2 is 1.75 bits per heavy atom. The molecule has 0 spiro atoms. The number of rotatable bonds is 3. The Balaban J connectivity index is 0.00000147. The summed E-state index contributed by atoms with van der Waals surface area (Å²) in [6.45, 7) is 3.00. The van der Waals surface area contributed by atoms with Gasteiger partial charge in [-0.05, 0) is 37.7 Å². The zero-order valence-corrected chi connectivity index (χ0v) is 14.3. The van der Waals surface area contributed by atoms with Crippen molar-refractivity contribution in [2.45, 2.75) is 37.5 Å². The number of hydrogen-bond acceptors (Lipinski definition) is 1. The number of hydrogen-bond donors (Lipinski definition) is 1. The van der Waals surface area contributed by atoms with E-state index in [1.807, 2.05) is 0 Å². The zero-order valence-electron chi connectivity index (χ0n) is 11.9. The Kier molecular flexibility index (Phi) is 5.29. The molecule has 0 bridgehead atoms. The number of aliphatic imine (C=N–C) groups is 1. The standard InChI is InChI=1S/C16H23N3.HI/c17-15(19-11-5-2-6-12-19)18-13-16(9-10-16)14-7-3-1-4-8-14;/h1,3-4,7-8H,2,5-6,9-13H2,(H2,17,18);1H. The zero-order chi connectivity index (χ0) is 13.1. The van der Waals surface area contributed by atoms with Crippen LogP contribution in [0.15, 0.2) is 35.3 Å². The van der Waals surface area contributed by atoms with Gasteiger partial charge in [-0.15, -0.1) is 24.0 Å². The first kappa shape index (κ1) is 15.6. The van der Waals surface area contributed by atoms with Crippen LogP contribution in [0.25, 0.3) is 0 Å². The van der Waals surface area contributed by atoms with Crippen molar-refractivity contribution in [2.24, 2.45) is 10.7 Å². The molecule has 3 nitrogen and oxygen atoms in total. The van der Waals surface area contributed by atoms with E-state index < -0.39 is 0 Å². The summed E-state index contributed by atoms with van der Waals surface area (Å²) in [5, 5.41) is 0. The molecule has 1 saturated heterocycles. The molecule has 1 aliphatic heterocycles. The van der Waals surface area contributed by atoms with Gasteiger partial charge >= 0.3 is 0 Å². The van der Waals surface area contributed by atoms with Crippen LogP contribution in [0.4, 0.5) is 0 Å². The molecule has 0 amide bonds. The average molecular weight is 385 g/mol. The van der Waals surface area contributed by atoms with Crippen molar-refractivity contribution in [1.82, 2.24) is 4.90 Å². The molecule has 20 heavy (non-hydrogen) atoms. The molecule has 3 rings (SSSR count). The van der Waals surface area contributed by atoms with Crippen molar-refractivity contribution in [3.05, 3.63) is 35.9 Å². The predicted molar refractivity (Wildman–Crippen MR) is 94.7 cm³/mol. The first-order chi connectivity index (χ1) is 9.30. The molecule has 1 aromatic rings. The summed E-state index contributed by atoms with van der Waals surface area (Å²) in [6.07, 6.45) is 6.32. The first-order valence-electron chi connectivity index (χ1n) is 7.41. The third-order valence-electron chi connectivity index (χ3n) is 4.46. The maximum absolute atomic E-state index is 6.14. The Labute approximate surface area is 138 Å². The van der Waals surface area contributed by atoms with Crippen LogP contribution in [-0.2, 0) is 5.41 Å². The quantitative estimate of drug-likeness (QED) is 0.494. The summed E-state index contributed by atoms with van der Waals surface area (Å²) in [6, 6.07) is 10.8. The van der Waals surface area contributed by atoms with Crippen molar-refractivity contribution in [2.75, 3.05) is 19.6 Å². The molecule has 1 saturated carbocycles. The molecule has 1 heterocycles. The van der Waals surface area contributed by atoms with Gasteiger partial charge in [0, 0.05) is 18.5 Å². The van der Waals surface area contributed by atoms with Crippen LogP contribution in [0.2, 0.25) is 0 Å². The number of guanidine groups is 1. The topological polar surface area (TPSA) is 41.6 Å². The second-order valence-corrected chi connectivity index (χ2v) is 5.87. The SMILES string of the molecule is I.NC(=NCC1(c2ccccc2)CC1)N1CCCCC1. The highest BCUT2D eigenvalue weighted by molar-refractivity contribution is 14.0. The van der Waals surface area contributed by atoms with Crippen LogP contribution in [0.1, 0.15) is 37.7 Å². The Bertz CT molecular complexity index is 448. The summed E-state index contributed by atoms with van der Waals surface area (Å²) in [5.41, 5.74) is 7.84. The van der Waals surface area contributed by atoms with Crippen LogP contribution in [0.3, 0.4) is 0 Å². The molecule has 1 aliphatic carbocycles. The van der Waals surface area contributed by atoms with E-state index in [-0.39, 0.29) is 29.4 Å². The molecule has 0 aromatic heterocycles. The Morgan fingerprint density at radius 3 is 2.35 bits per heavy atom. The fourth-order valence-corrected chi connectivity index (χ4v) is 2.94. The predicted octanol–water partition coefficient (Wildman–Crippen LogP) is 3.14. The third kappa shape index (κ3) is 3.45. The van der Waals surface area contributed by atoms with E-state index in [0.29, 0.717) is 0 Å². The summed E-state index contributed by atoms with van der Waals surface area (Å²) in [7, 11) is 0. The lowest BCUT2D eigenvalue weighted by molar-refractivity contribution is 0.337. The smallest absolute Gasteiger partial charge is 0.191 e. The van der Waals surface area contributed by atoms with E-state index in [9.17, 15) is 0 Å². The highest BCUT2D eigenvalue weighted by Gasteiger charge is 2.44. The lowest BCUT2D eigenvalue weighted by atomic mass is 9.96. The second-order valence-electron chi connectivity index (χ2n) is 5.87. The molecule has 2 N–H and O–H groups in total. The molecule has 0 radical (unpaired) electrons. The van der Waals surface area contributed by atoms with Crippen LogP contribution < -0.4 is 5.73 Å². The van der Waals surface area contributed by atoms with Gasteiger partial charge in [-0.1, -0.05) is 30.3 Å². The van der Waals surface area contributed by atoms with Crippen molar-refractivity contribution >= 4 is 29.9 Å². The minimum absolute atomic E-state index is 0. The van der Waals surface area contributed by atoms with Gasteiger partial charge in [-0.2, -0.15) is 0 Å². The second kappa shape index (κ2) is 6.78. The fourth-order valence-electron chi connectivity index (χ4n) is 2.94. The van der Waals surface area contributed by atoms with E-state index in [2.05, 4.69) is 40.2 Å². The van der Waals surface area contributed by atoms with Crippen molar-refractivity contribution in [3.63, 3.8) is 0 Å². The van der Waals surface area contributed by atoms with Gasteiger partial charge in [0.15, 0.2) is 5.96 Å².